The lowest BCUT2D eigenvalue weighted by atomic mass is 9.90. The highest BCUT2D eigenvalue weighted by Crippen LogP contribution is 2.29. The van der Waals surface area contributed by atoms with Crippen LogP contribution in [0, 0.1) is 0 Å². The van der Waals surface area contributed by atoms with Gasteiger partial charge in [-0.1, -0.05) is 38.8 Å². The Kier molecular flexibility index (Phi) is 8.71. The minimum absolute atomic E-state index is 0.136. The van der Waals surface area contributed by atoms with E-state index in [2.05, 4.69) is 29.5 Å². The van der Waals surface area contributed by atoms with Crippen molar-refractivity contribution >= 4 is 23.2 Å². The van der Waals surface area contributed by atoms with Crippen molar-refractivity contribution in [1.82, 2.24) is 15.6 Å². The van der Waals surface area contributed by atoms with Crippen molar-refractivity contribution in [2.75, 3.05) is 0 Å². The molecule has 1 aliphatic carbocycles. The fourth-order valence-electron chi connectivity index (χ4n) is 4.36. The van der Waals surface area contributed by atoms with E-state index in [4.69, 9.17) is 4.74 Å². The van der Waals surface area contributed by atoms with Crippen LogP contribution in [0.5, 0.6) is 5.75 Å². The Labute approximate surface area is 223 Å². The molecule has 1 aliphatic rings. The number of rotatable bonds is 8. The number of hydrogen-bond acceptors (Lipinski definition) is 5. The molecular weight excluding hydrogens is 515 g/mol. The Morgan fingerprint density at radius 3 is 2.16 bits per heavy atom. The van der Waals surface area contributed by atoms with Gasteiger partial charge in [0, 0.05) is 23.0 Å². The molecule has 1 fully saturated rings. The number of nitrogens with one attached hydrogen (secondary N) is 2. The Morgan fingerprint density at radius 1 is 0.974 bits per heavy atom. The summed E-state index contributed by atoms with van der Waals surface area (Å²) in [6.45, 7) is 4.50. The summed E-state index contributed by atoms with van der Waals surface area (Å²) in [7, 11) is 0. The topological polar surface area (TPSA) is 80.3 Å². The quantitative estimate of drug-likeness (QED) is 0.346. The van der Waals surface area contributed by atoms with Gasteiger partial charge in [-0.25, -0.2) is 4.98 Å². The molecule has 10 heteroatoms. The number of alkyl halides is 3. The molecule has 6 nitrogen and oxygen atoms in total. The van der Waals surface area contributed by atoms with Gasteiger partial charge in [0.1, 0.15) is 23.1 Å². The van der Waals surface area contributed by atoms with Gasteiger partial charge in [0.25, 0.3) is 11.8 Å². The molecule has 1 saturated carbocycles. The third kappa shape index (κ3) is 7.12. The molecule has 38 heavy (non-hydrogen) atoms. The Balaban J connectivity index is 1.32. The van der Waals surface area contributed by atoms with Crippen molar-refractivity contribution in [3.05, 3.63) is 81.3 Å². The lowest BCUT2D eigenvalue weighted by Crippen LogP contribution is -2.53. The van der Waals surface area contributed by atoms with E-state index < -0.39 is 17.6 Å². The molecule has 4 rings (SSSR count). The second-order valence-electron chi connectivity index (χ2n) is 9.66. The van der Waals surface area contributed by atoms with Gasteiger partial charge < -0.3 is 15.4 Å². The van der Waals surface area contributed by atoms with Crippen LogP contribution < -0.4 is 15.4 Å². The minimum atomic E-state index is -4.46. The highest BCUT2D eigenvalue weighted by Gasteiger charge is 2.31. The molecule has 0 unspecified atom stereocenters. The van der Waals surface area contributed by atoms with E-state index in [0.29, 0.717) is 23.8 Å². The van der Waals surface area contributed by atoms with Gasteiger partial charge >= 0.3 is 6.18 Å². The summed E-state index contributed by atoms with van der Waals surface area (Å²) in [5, 5.41) is 8.20. The molecular formula is C28H30F3N3O3S. The molecule has 1 aromatic heterocycles. The third-order valence-electron chi connectivity index (χ3n) is 6.57. The molecule has 2 aromatic carbocycles. The second kappa shape index (κ2) is 12.0. The first-order valence-electron chi connectivity index (χ1n) is 12.6. The van der Waals surface area contributed by atoms with Gasteiger partial charge in [-0.05, 0) is 60.7 Å². The van der Waals surface area contributed by atoms with Crippen LogP contribution >= 0.6 is 11.3 Å². The van der Waals surface area contributed by atoms with E-state index in [1.165, 1.54) is 16.9 Å². The zero-order valence-corrected chi connectivity index (χ0v) is 22.0. The van der Waals surface area contributed by atoms with E-state index in [1.807, 2.05) is 24.3 Å². The molecule has 0 aliphatic heterocycles. The standard InChI is InChI=1S/C28H30F3N3O3S/c1-17(2)18-9-13-21(14-10-18)37-15-25-32-24(16-38-25)27(36)34-23-6-4-3-5-22(23)33-26(35)19-7-11-20(12-8-19)28(29,30)31/h7-14,16-17,22-23H,3-6,15H2,1-2H3,(H,33,35)(H,34,36)/t22-,23+/m1/s1. The van der Waals surface area contributed by atoms with E-state index in [0.717, 1.165) is 42.9 Å². The molecule has 2 amide bonds. The first-order valence-corrected chi connectivity index (χ1v) is 13.4. The number of hydrogen-bond donors (Lipinski definition) is 2. The summed E-state index contributed by atoms with van der Waals surface area (Å²) >= 11 is 1.33. The Hall–Kier alpha value is -3.40. The summed E-state index contributed by atoms with van der Waals surface area (Å²) < 4.78 is 44.2. The maximum atomic E-state index is 12.9. The number of ether oxygens (including phenoxy) is 1. The molecule has 0 spiro atoms. The number of carbonyl (C=O) groups is 2. The van der Waals surface area contributed by atoms with Crippen LogP contribution in [-0.2, 0) is 12.8 Å². The van der Waals surface area contributed by atoms with Gasteiger partial charge in [-0.3, -0.25) is 9.59 Å². The molecule has 0 radical (unpaired) electrons. The number of benzene rings is 2. The van der Waals surface area contributed by atoms with Crippen molar-refractivity contribution < 1.29 is 27.5 Å². The van der Waals surface area contributed by atoms with Crippen LogP contribution in [0.25, 0.3) is 0 Å². The molecule has 1 heterocycles. The number of amides is 2. The fraction of sp³-hybridized carbons (Fsp3) is 0.393. The van der Waals surface area contributed by atoms with Crippen LogP contribution in [0.1, 0.15) is 82.4 Å². The van der Waals surface area contributed by atoms with Gasteiger partial charge in [0.2, 0.25) is 0 Å². The summed E-state index contributed by atoms with van der Waals surface area (Å²) in [6, 6.07) is 11.3. The number of thiazole rings is 1. The van der Waals surface area contributed by atoms with Crippen LogP contribution in [0.4, 0.5) is 13.2 Å². The highest BCUT2D eigenvalue weighted by atomic mass is 32.1. The average Bonchev–Trinajstić information content (AvgIpc) is 3.38. The summed E-state index contributed by atoms with van der Waals surface area (Å²) in [4.78, 5) is 30.0. The van der Waals surface area contributed by atoms with Crippen molar-refractivity contribution in [3.63, 3.8) is 0 Å². The van der Waals surface area contributed by atoms with Crippen LogP contribution in [-0.4, -0.2) is 28.9 Å². The first-order chi connectivity index (χ1) is 18.1. The average molecular weight is 546 g/mol. The molecule has 0 saturated heterocycles. The number of halogens is 3. The van der Waals surface area contributed by atoms with Gasteiger partial charge in [0.15, 0.2) is 0 Å². The fourth-order valence-corrected chi connectivity index (χ4v) is 5.04. The third-order valence-corrected chi connectivity index (χ3v) is 7.39. The minimum Gasteiger partial charge on any atom is -0.486 e. The number of carbonyl (C=O) groups excluding carboxylic acids is 2. The van der Waals surface area contributed by atoms with Crippen LogP contribution in [0.15, 0.2) is 53.9 Å². The molecule has 202 valence electrons. The highest BCUT2D eigenvalue weighted by molar-refractivity contribution is 7.09. The Morgan fingerprint density at radius 2 is 1.58 bits per heavy atom. The summed E-state index contributed by atoms with van der Waals surface area (Å²) in [5.41, 5.74) is 0.829. The molecule has 0 bridgehead atoms. The van der Waals surface area contributed by atoms with Gasteiger partial charge in [-0.2, -0.15) is 13.2 Å². The van der Waals surface area contributed by atoms with Crippen molar-refractivity contribution in [2.45, 2.75) is 70.3 Å². The largest absolute Gasteiger partial charge is 0.486 e. The predicted molar refractivity (Wildman–Crippen MR) is 139 cm³/mol. The molecule has 2 atom stereocenters. The van der Waals surface area contributed by atoms with Crippen LogP contribution in [0.3, 0.4) is 0 Å². The zero-order chi connectivity index (χ0) is 27.3. The van der Waals surface area contributed by atoms with E-state index in [1.54, 1.807) is 5.38 Å². The maximum absolute atomic E-state index is 12.9. The first kappa shape index (κ1) is 27.6. The number of nitrogens with zero attached hydrogens (tertiary/aromatic N) is 1. The van der Waals surface area contributed by atoms with Gasteiger partial charge in [-0.15, -0.1) is 11.3 Å². The second-order valence-corrected chi connectivity index (χ2v) is 10.6. The normalized spacial score (nSPS) is 17.7. The zero-order valence-electron chi connectivity index (χ0n) is 21.2. The number of aromatic nitrogens is 1. The summed E-state index contributed by atoms with van der Waals surface area (Å²) in [5.74, 6) is 0.351. The van der Waals surface area contributed by atoms with E-state index in [-0.39, 0.29) is 35.9 Å². The van der Waals surface area contributed by atoms with E-state index >= 15 is 0 Å². The maximum Gasteiger partial charge on any atom is 0.416 e. The van der Waals surface area contributed by atoms with Crippen molar-refractivity contribution in [2.24, 2.45) is 0 Å². The lowest BCUT2D eigenvalue weighted by molar-refractivity contribution is -0.137. The van der Waals surface area contributed by atoms with Crippen molar-refractivity contribution in [3.8, 4) is 5.75 Å². The Bertz CT molecular complexity index is 1240. The molecule has 2 N–H and O–H groups in total. The summed E-state index contributed by atoms with van der Waals surface area (Å²) in [6.07, 6.45) is -1.36. The van der Waals surface area contributed by atoms with Gasteiger partial charge in [0.05, 0.1) is 5.56 Å². The smallest absolute Gasteiger partial charge is 0.416 e. The SMILES string of the molecule is CC(C)c1ccc(OCc2nc(C(=O)N[C@H]3CCCC[C@H]3NC(=O)c3ccc(C(F)(F)F)cc3)cs2)cc1. The van der Waals surface area contributed by atoms with E-state index in [9.17, 15) is 22.8 Å². The lowest BCUT2D eigenvalue weighted by Gasteiger charge is -2.32. The van der Waals surface area contributed by atoms with Crippen molar-refractivity contribution in [1.29, 1.82) is 0 Å². The predicted octanol–water partition coefficient (Wildman–Crippen LogP) is 6.34. The monoisotopic (exact) mass is 545 g/mol. The molecule has 3 aromatic rings. The van der Waals surface area contributed by atoms with Crippen LogP contribution in [0.2, 0.25) is 0 Å².